The molecule has 5 heteroatoms. The summed E-state index contributed by atoms with van der Waals surface area (Å²) in [6.07, 6.45) is 1.99. The molecule has 0 aliphatic heterocycles. The maximum atomic E-state index is 5.40. The minimum atomic E-state index is -0.585. The van der Waals surface area contributed by atoms with E-state index in [2.05, 4.69) is 97.1 Å². The van der Waals surface area contributed by atoms with Crippen molar-refractivity contribution >= 4 is 0 Å². The number of hydrogen-bond donors (Lipinski definition) is 0. The van der Waals surface area contributed by atoms with E-state index in [1.165, 1.54) is 16.7 Å². The lowest BCUT2D eigenvalue weighted by Crippen LogP contribution is -2.29. The molecule has 0 N–H and O–H groups in total. The number of aromatic nitrogens is 5. The molecule has 0 bridgehead atoms. The van der Waals surface area contributed by atoms with Gasteiger partial charge in [-0.1, -0.05) is 170 Å². The van der Waals surface area contributed by atoms with E-state index in [-0.39, 0.29) is 0 Å². The summed E-state index contributed by atoms with van der Waals surface area (Å²) in [6.45, 7) is 0. The van der Waals surface area contributed by atoms with Gasteiger partial charge in [0, 0.05) is 34.0 Å². The van der Waals surface area contributed by atoms with Crippen LogP contribution >= 0.6 is 0 Å². The molecule has 0 unspecified atom stereocenters. The highest BCUT2D eigenvalue weighted by atomic mass is 15.0. The van der Waals surface area contributed by atoms with Gasteiger partial charge in [0.25, 0.3) is 0 Å². The Kier molecular flexibility index (Phi) is 6.95. The largest absolute Gasteiger partial charge is 0.236 e. The van der Waals surface area contributed by atoms with E-state index in [1.54, 1.807) is 0 Å². The first-order valence-electron chi connectivity index (χ1n) is 16.4. The van der Waals surface area contributed by atoms with Gasteiger partial charge < -0.3 is 0 Å². The Morgan fingerprint density at radius 2 is 0.735 bits per heavy atom. The monoisotopic (exact) mass is 627 g/mol. The molecule has 0 saturated heterocycles. The lowest BCUT2D eigenvalue weighted by Gasteiger charge is -2.32. The number of fused-ring (bicyclic) bond motifs is 3. The summed E-state index contributed by atoms with van der Waals surface area (Å²) in [4.78, 5) is 25.0. The smallest absolute Gasteiger partial charge is 0.164 e. The Hall–Kier alpha value is -6.59. The van der Waals surface area contributed by atoms with E-state index in [0.717, 1.165) is 39.1 Å². The van der Waals surface area contributed by atoms with Gasteiger partial charge in [-0.05, 0) is 22.3 Å². The molecule has 0 atom stereocenters. The molecular weight excluding hydrogens is 599 g/mol. The second-order valence-electron chi connectivity index (χ2n) is 12.1. The normalized spacial score (nSPS) is 12.7. The van der Waals surface area contributed by atoms with Crippen molar-refractivity contribution in [3.8, 4) is 56.7 Å². The Morgan fingerprint density at radius 1 is 0.327 bits per heavy atom. The fourth-order valence-corrected chi connectivity index (χ4v) is 7.01. The fraction of sp³-hybridized carbons (Fsp3) is 0.0227. The first kappa shape index (κ1) is 28.6. The van der Waals surface area contributed by atoms with Crippen LogP contribution in [0.1, 0.15) is 22.4 Å². The molecule has 1 aliphatic rings. The van der Waals surface area contributed by atoms with Gasteiger partial charge in [-0.15, -0.1) is 0 Å². The minimum Gasteiger partial charge on any atom is -0.236 e. The van der Waals surface area contributed by atoms with Crippen LogP contribution in [0.15, 0.2) is 176 Å². The number of benzene rings is 6. The number of rotatable bonds is 6. The van der Waals surface area contributed by atoms with Crippen LogP contribution in [-0.2, 0) is 5.41 Å². The first-order chi connectivity index (χ1) is 24.3. The summed E-state index contributed by atoms with van der Waals surface area (Å²) < 4.78 is 0. The molecule has 49 heavy (non-hydrogen) atoms. The lowest BCUT2D eigenvalue weighted by molar-refractivity contribution is 0.736. The zero-order valence-electron chi connectivity index (χ0n) is 26.5. The van der Waals surface area contributed by atoms with Gasteiger partial charge in [0.1, 0.15) is 0 Å². The highest BCUT2D eigenvalue weighted by molar-refractivity contribution is 5.85. The molecule has 0 fully saturated rings. The molecule has 2 heterocycles. The summed E-state index contributed by atoms with van der Waals surface area (Å²) in [5.41, 5.74) is 9.84. The third kappa shape index (κ3) is 4.83. The van der Waals surface area contributed by atoms with Gasteiger partial charge in [-0.2, -0.15) is 0 Å². The Balaban J connectivity index is 1.17. The predicted octanol–water partition coefficient (Wildman–Crippen LogP) is 9.69. The molecule has 0 amide bonds. The van der Waals surface area contributed by atoms with Gasteiger partial charge >= 0.3 is 0 Å². The van der Waals surface area contributed by atoms with Gasteiger partial charge in [0.15, 0.2) is 23.3 Å². The van der Waals surface area contributed by atoms with Crippen molar-refractivity contribution in [2.24, 2.45) is 0 Å². The van der Waals surface area contributed by atoms with Crippen LogP contribution in [0.3, 0.4) is 0 Å². The number of nitrogens with zero attached hydrogens (tertiary/aromatic N) is 5. The molecule has 5 nitrogen and oxygen atoms in total. The summed E-state index contributed by atoms with van der Waals surface area (Å²) in [7, 11) is 0. The van der Waals surface area contributed by atoms with Crippen molar-refractivity contribution in [1.29, 1.82) is 0 Å². The molecule has 9 rings (SSSR count). The fourth-order valence-electron chi connectivity index (χ4n) is 7.01. The minimum absolute atomic E-state index is 0.585. The van der Waals surface area contributed by atoms with Crippen molar-refractivity contribution < 1.29 is 0 Å². The number of hydrogen-bond acceptors (Lipinski definition) is 5. The molecular formula is C44H29N5. The lowest BCUT2D eigenvalue weighted by atomic mass is 9.69. The summed E-state index contributed by atoms with van der Waals surface area (Å²) >= 11 is 0. The summed E-state index contributed by atoms with van der Waals surface area (Å²) in [5.74, 6) is 2.54. The van der Waals surface area contributed by atoms with E-state index in [9.17, 15) is 0 Å². The van der Waals surface area contributed by atoms with E-state index in [1.807, 2.05) is 79.0 Å². The highest BCUT2D eigenvalue weighted by Crippen LogP contribution is 2.55. The van der Waals surface area contributed by atoms with Crippen LogP contribution in [0.4, 0.5) is 0 Å². The van der Waals surface area contributed by atoms with E-state index >= 15 is 0 Å². The Labute approximate surface area is 284 Å². The van der Waals surface area contributed by atoms with Crippen molar-refractivity contribution in [1.82, 2.24) is 24.9 Å². The average Bonchev–Trinajstić information content (AvgIpc) is 3.49. The van der Waals surface area contributed by atoms with Crippen LogP contribution in [-0.4, -0.2) is 24.9 Å². The average molecular weight is 628 g/mol. The van der Waals surface area contributed by atoms with Crippen LogP contribution in [0.5, 0.6) is 0 Å². The molecule has 0 spiro atoms. The SMILES string of the molecule is c1ccc(-c2nc(-c3ccccc3)nc(-c3ccc(-c4ncc5c(n4)C(c4ccccc4)(c4ccccc4)c4ccccc4-5)cc3)n2)cc1. The third-order valence-corrected chi connectivity index (χ3v) is 9.28. The van der Waals surface area contributed by atoms with Crippen molar-refractivity contribution in [2.45, 2.75) is 5.41 Å². The van der Waals surface area contributed by atoms with Crippen LogP contribution in [0, 0.1) is 0 Å². The maximum absolute atomic E-state index is 5.40. The van der Waals surface area contributed by atoms with E-state index in [0.29, 0.717) is 23.3 Å². The third-order valence-electron chi connectivity index (χ3n) is 9.28. The molecule has 8 aromatic rings. The molecule has 2 aromatic heterocycles. The first-order valence-corrected chi connectivity index (χ1v) is 16.4. The van der Waals surface area contributed by atoms with E-state index in [4.69, 9.17) is 24.9 Å². The van der Waals surface area contributed by atoms with Gasteiger partial charge in [0.05, 0.1) is 11.1 Å². The quantitative estimate of drug-likeness (QED) is 0.184. The Bertz CT molecular complexity index is 2310. The maximum Gasteiger partial charge on any atom is 0.164 e. The van der Waals surface area contributed by atoms with Crippen LogP contribution in [0.25, 0.3) is 56.7 Å². The van der Waals surface area contributed by atoms with Crippen molar-refractivity contribution in [2.75, 3.05) is 0 Å². The second-order valence-corrected chi connectivity index (χ2v) is 12.1. The standard InChI is InChI=1S/C44H29N5/c1-5-15-30(16-6-1)41-47-42(31-17-7-2-8-18-31)49-43(48-41)33-27-25-32(26-28-33)40-45-29-37-36-23-13-14-24-38(36)44(39(37)46-40,34-19-9-3-10-20-34)35-21-11-4-12-22-35/h1-29H. The summed E-state index contributed by atoms with van der Waals surface area (Å²) in [5, 5.41) is 0. The summed E-state index contributed by atoms with van der Waals surface area (Å²) in [6, 6.07) is 58.2. The van der Waals surface area contributed by atoms with Crippen molar-refractivity contribution in [3.05, 3.63) is 198 Å². The predicted molar refractivity (Wildman–Crippen MR) is 194 cm³/mol. The molecule has 6 aromatic carbocycles. The topological polar surface area (TPSA) is 64.5 Å². The zero-order valence-corrected chi connectivity index (χ0v) is 26.5. The van der Waals surface area contributed by atoms with Gasteiger partial charge in [0.2, 0.25) is 0 Å². The van der Waals surface area contributed by atoms with Crippen LogP contribution in [0.2, 0.25) is 0 Å². The van der Waals surface area contributed by atoms with Gasteiger partial charge in [-0.3, -0.25) is 0 Å². The molecule has 0 radical (unpaired) electrons. The highest BCUT2D eigenvalue weighted by Gasteiger charge is 2.47. The molecule has 0 saturated carbocycles. The van der Waals surface area contributed by atoms with Gasteiger partial charge in [-0.25, -0.2) is 24.9 Å². The van der Waals surface area contributed by atoms with E-state index < -0.39 is 5.41 Å². The zero-order chi connectivity index (χ0) is 32.6. The molecule has 230 valence electrons. The van der Waals surface area contributed by atoms with Crippen LogP contribution < -0.4 is 0 Å². The molecule has 1 aliphatic carbocycles. The van der Waals surface area contributed by atoms with Crippen molar-refractivity contribution in [3.63, 3.8) is 0 Å². The Morgan fingerprint density at radius 3 is 1.24 bits per heavy atom. The second kappa shape index (κ2) is 11.9.